The molecule has 1 aromatic heterocycles. The average molecular weight is 431 g/mol. The van der Waals surface area contributed by atoms with E-state index in [9.17, 15) is 14.0 Å². The number of nitrogens with zero attached hydrogens (tertiary/aromatic N) is 3. The number of halogens is 2. The van der Waals surface area contributed by atoms with Crippen LogP contribution in [-0.2, 0) is 4.79 Å². The minimum Gasteiger partial charge on any atom is -0.332 e. The van der Waals surface area contributed by atoms with Crippen LogP contribution in [0.2, 0.25) is 0 Å². The summed E-state index contributed by atoms with van der Waals surface area (Å²) in [5, 5.41) is 11.0. The predicted octanol–water partition coefficient (Wildman–Crippen LogP) is 3.44. The van der Waals surface area contributed by atoms with E-state index in [2.05, 4.69) is 26.2 Å². The molecule has 0 saturated heterocycles. The number of carbonyl (C=O) groups is 2. The SMILES string of the molecule is CN(CC(=O)Nc1ncc(C#N)cc1F)C(=O)c1ccc(Br)cc1C1CC1. The van der Waals surface area contributed by atoms with Gasteiger partial charge in [0.25, 0.3) is 5.91 Å². The largest absolute Gasteiger partial charge is 0.332 e. The number of nitrogens with one attached hydrogen (secondary N) is 1. The Balaban J connectivity index is 1.68. The number of pyridine rings is 1. The van der Waals surface area contributed by atoms with Gasteiger partial charge >= 0.3 is 0 Å². The average Bonchev–Trinajstić information content (AvgIpc) is 3.47. The summed E-state index contributed by atoms with van der Waals surface area (Å²) in [5.74, 6) is -1.55. The quantitative estimate of drug-likeness (QED) is 0.786. The first-order valence-corrected chi connectivity index (χ1v) is 9.08. The van der Waals surface area contributed by atoms with Gasteiger partial charge in [0.1, 0.15) is 6.07 Å². The monoisotopic (exact) mass is 430 g/mol. The summed E-state index contributed by atoms with van der Waals surface area (Å²) in [7, 11) is 1.52. The van der Waals surface area contributed by atoms with Gasteiger partial charge in [-0.25, -0.2) is 9.37 Å². The van der Waals surface area contributed by atoms with Crippen LogP contribution in [0.25, 0.3) is 0 Å². The smallest absolute Gasteiger partial charge is 0.254 e. The van der Waals surface area contributed by atoms with Crippen molar-refractivity contribution in [2.75, 3.05) is 18.9 Å². The summed E-state index contributed by atoms with van der Waals surface area (Å²) in [6, 6.07) is 8.23. The van der Waals surface area contributed by atoms with Crippen LogP contribution in [0.4, 0.5) is 10.2 Å². The third-order valence-electron chi connectivity index (χ3n) is 4.22. The fourth-order valence-electron chi connectivity index (χ4n) is 2.72. The molecule has 0 unspecified atom stereocenters. The lowest BCUT2D eigenvalue weighted by molar-refractivity contribution is -0.116. The maximum absolute atomic E-state index is 13.8. The summed E-state index contributed by atoms with van der Waals surface area (Å²) in [6.07, 6.45) is 3.26. The minimum atomic E-state index is -0.805. The normalized spacial score (nSPS) is 13.0. The van der Waals surface area contributed by atoms with Gasteiger partial charge < -0.3 is 10.2 Å². The highest BCUT2D eigenvalue weighted by atomic mass is 79.9. The Kier molecular flexibility index (Phi) is 5.51. The van der Waals surface area contributed by atoms with Crippen molar-refractivity contribution >= 4 is 33.6 Å². The summed E-state index contributed by atoms with van der Waals surface area (Å²) in [6.45, 7) is -0.250. The van der Waals surface area contributed by atoms with Crippen molar-refractivity contribution in [3.8, 4) is 6.07 Å². The molecule has 0 spiro atoms. The van der Waals surface area contributed by atoms with Crippen LogP contribution in [0.3, 0.4) is 0 Å². The number of likely N-dealkylation sites (N-methyl/N-ethyl adjacent to an activating group) is 1. The van der Waals surface area contributed by atoms with Crippen LogP contribution < -0.4 is 5.32 Å². The molecule has 3 rings (SSSR count). The van der Waals surface area contributed by atoms with Crippen molar-refractivity contribution < 1.29 is 14.0 Å². The van der Waals surface area contributed by atoms with E-state index in [1.807, 2.05) is 6.07 Å². The van der Waals surface area contributed by atoms with Crippen LogP contribution in [0.15, 0.2) is 34.9 Å². The molecule has 8 heteroatoms. The van der Waals surface area contributed by atoms with E-state index >= 15 is 0 Å². The Morgan fingerprint density at radius 3 is 2.78 bits per heavy atom. The number of anilines is 1. The van der Waals surface area contributed by atoms with Crippen molar-refractivity contribution in [2.24, 2.45) is 0 Å². The van der Waals surface area contributed by atoms with E-state index in [1.54, 1.807) is 18.2 Å². The molecular formula is C19H16BrFN4O2. The molecule has 0 atom stereocenters. The highest BCUT2D eigenvalue weighted by molar-refractivity contribution is 9.10. The zero-order valence-corrected chi connectivity index (χ0v) is 16.1. The molecule has 1 saturated carbocycles. The second-order valence-corrected chi connectivity index (χ2v) is 7.30. The maximum Gasteiger partial charge on any atom is 0.254 e. The number of hydrogen-bond acceptors (Lipinski definition) is 4. The number of rotatable bonds is 5. The van der Waals surface area contributed by atoms with Crippen LogP contribution in [-0.4, -0.2) is 35.3 Å². The van der Waals surface area contributed by atoms with Crippen molar-refractivity contribution in [3.05, 3.63) is 57.4 Å². The van der Waals surface area contributed by atoms with Crippen LogP contribution in [0.5, 0.6) is 0 Å². The van der Waals surface area contributed by atoms with E-state index in [0.717, 1.165) is 35.1 Å². The Morgan fingerprint density at radius 2 is 2.15 bits per heavy atom. The fraction of sp³-hybridized carbons (Fsp3) is 0.263. The van der Waals surface area contributed by atoms with Crippen LogP contribution in [0, 0.1) is 17.1 Å². The predicted molar refractivity (Wildman–Crippen MR) is 101 cm³/mol. The maximum atomic E-state index is 13.8. The molecule has 0 aliphatic heterocycles. The molecule has 6 nitrogen and oxygen atoms in total. The highest BCUT2D eigenvalue weighted by Gasteiger charge is 2.29. The Hall–Kier alpha value is -2.79. The molecule has 0 bridgehead atoms. The second kappa shape index (κ2) is 7.84. The summed E-state index contributed by atoms with van der Waals surface area (Å²) in [5.41, 5.74) is 1.60. The van der Waals surface area contributed by atoms with Gasteiger partial charge in [0, 0.05) is 23.3 Å². The number of benzene rings is 1. The molecule has 138 valence electrons. The molecule has 1 heterocycles. The Labute approximate surface area is 164 Å². The zero-order valence-electron chi connectivity index (χ0n) is 14.5. The topological polar surface area (TPSA) is 86.1 Å². The van der Waals surface area contributed by atoms with E-state index < -0.39 is 11.7 Å². The molecule has 1 aromatic carbocycles. The summed E-state index contributed by atoms with van der Waals surface area (Å²) in [4.78, 5) is 29.9. The van der Waals surface area contributed by atoms with Crippen LogP contribution >= 0.6 is 15.9 Å². The zero-order chi connectivity index (χ0) is 19.6. The number of carbonyl (C=O) groups excluding carboxylic acids is 2. The van der Waals surface area contributed by atoms with Crippen LogP contribution in [0.1, 0.15) is 40.2 Å². The number of hydrogen-bond donors (Lipinski definition) is 1. The van der Waals surface area contributed by atoms with Gasteiger partial charge in [-0.05, 0) is 48.6 Å². The lowest BCUT2D eigenvalue weighted by atomic mass is 10.0. The molecule has 2 amide bonds. The van der Waals surface area contributed by atoms with E-state index in [1.165, 1.54) is 11.9 Å². The molecule has 0 radical (unpaired) electrons. The van der Waals surface area contributed by atoms with Gasteiger partial charge in [0.2, 0.25) is 5.91 Å². The van der Waals surface area contributed by atoms with E-state index in [4.69, 9.17) is 5.26 Å². The van der Waals surface area contributed by atoms with E-state index in [-0.39, 0.29) is 23.8 Å². The minimum absolute atomic E-state index is 0.0561. The highest BCUT2D eigenvalue weighted by Crippen LogP contribution is 2.42. The first-order chi connectivity index (χ1) is 12.9. The Morgan fingerprint density at radius 1 is 1.41 bits per heavy atom. The third kappa shape index (κ3) is 4.49. The van der Waals surface area contributed by atoms with E-state index in [0.29, 0.717) is 11.5 Å². The fourth-order valence-corrected chi connectivity index (χ4v) is 3.09. The first-order valence-electron chi connectivity index (χ1n) is 8.29. The molecule has 1 N–H and O–H groups in total. The van der Waals surface area contributed by atoms with Gasteiger partial charge in [-0.1, -0.05) is 15.9 Å². The molecule has 1 aliphatic rings. The second-order valence-electron chi connectivity index (χ2n) is 6.38. The van der Waals surface area contributed by atoms with Gasteiger partial charge in [-0.15, -0.1) is 0 Å². The van der Waals surface area contributed by atoms with Crippen molar-refractivity contribution in [3.63, 3.8) is 0 Å². The van der Waals surface area contributed by atoms with Gasteiger partial charge in [-0.2, -0.15) is 5.26 Å². The van der Waals surface area contributed by atoms with Gasteiger partial charge in [0.15, 0.2) is 11.6 Å². The molecule has 2 aromatic rings. The van der Waals surface area contributed by atoms with Crippen molar-refractivity contribution in [2.45, 2.75) is 18.8 Å². The lowest BCUT2D eigenvalue weighted by Gasteiger charge is -2.19. The lowest BCUT2D eigenvalue weighted by Crippen LogP contribution is -2.35. The Bertz CT molecular complexity index is 953. The number of nitriles is 1. The first kappa shape index (κ1) is 19.0. The molecule has 1 aliphatic carbocycles. The third-order valence-corrected chi connectivity index (χ3v) is 4.71. The standard InChI is InChI=1S/C19H16BrFN4O2/c1-25(10-17(26)24-18-16(21)6-11(8-22)9-23-18)19(27)14-5-4-13(20)7-15(14)12-2-3-12/h4-7,9,12H,2-3,10H2,1H3,(H,23,24,26). The summed E-state index contributed by atoms with van der Waals surface area (Å²) < 4.78 is 14.7. The molecule has 1 fully saturated rings. The number of amides is 2. The van der Waals surface area contributed by atoms with Gasteiger partial charge in [0.05, 0.1) is 12.1 Å². The number of aromatic nitrogens is 1. The van der Waals surface area contributed by atoms with Gasteiger partial charge in [-0.3, -0.25) is 9.59 Å². The summed E-state index contributed by atoms with van der Waals surface area (Å²) >= 11 is 3.42. The molecular weight excluding hydrogens is 415 g/mol. The van der Waals surface area contributed by atoms with Crippen molar-refractivity contribution in [1.29, 1.82) is 5.26 Å². The molecule has 27 heavy (non-hydrogen) atoms. The van der Waals surface area contributed by atoms with Crippen molar-refractivity contribution in [1.82, 2.24) is 9.88 Å².